The van der Waals surface area contributed by atoms with Crippen LogP contribution in [0, 0.1) is 0 Å². The van der Waals surface area contributed by atoms with Crippen molar-refractivity contribution in [1.82, 2.24) is 4.98 Å². The Morgan fingerprint density at radius 3 is 2.60 bits per heavy atom. The second-order valence-electron chi connectivity index (χ2n) is 4.04. The van der Waals surface area contributed by atoms with Crippen molar-refractivity contribution in [3.05, 3.63) is 24.4 Å². The van der Waals surface area contributed by atoms with Crippen LogP contribution in [-0.4, -0.2) is 16.7 Å². The van der Waals surface area contributed by atoms with Crippen LogP contribution >= 0.6 is 0 Å². The number of nitrogens with two attached hydrogens (primary N) is 1. The molecule has 0 spiro atoms. The highest BCUT2D eigenvalue weighted by Crippen LogP contribution is 2.12. The van der Waals surface area contributed by atoms with Gasteiger partial charge in [-0.2, -0.15) is 5.01 Å². The maximum absolute atomic E-state index is 11.5. The Balaban J connectivity index is 2.70. The van der Waals surface area contributed by atoms with Gasteiger partial charge in [-0.3, -0.25) is 0 Å². The quantitative estimate of drug-likeness (QED) is 0.434. The van der Waals surface area contributed by atoms with Gasteiger partial charge in [-0.1, -0.05) is 6.07 Å². The van der Waals surface area contributed by atoms with Crippen molar-refractivity contribution in [2.24, 2.45) is 5.84 Å². The second-order valence-corrected chi connectivity index (χ2v) is 4.04. The molecule has 0 saturated carbocycles. The fraction of sp³-hybridized carbons (Fsp3) is 0.400. The topological polar surface area (TPSA) is 68.5 Å². The molecular formula is C10H15N3O2. The molecule has 1 aromatic heterocycles. The molecule has 0 aliphatic carbocycles. The molecule has 2 N–H and O–H groups in total. The highest BCUT2D eigenvalue weighted by Gasteiger charge is 2.21. The molecule has 0 radical (unpaired) electrons. The van der Waals surface area contributed by atoms with Crippen LogP contribution in [0.4, 0.5) is 10.6 Å². The summed E-state index contributed by atoms with van der Waals surface area (Å²) in [5, 5.41) is 0.880. The minimum Gasteiger partial charge on any atom is -0.442 e. The fourth-order valence-electron chi connectivity index (χ4n) is 0.901. The first-order valence-electron chi connectivity index (χ1n) is 4.59. The lowest BCUT2D eigenvalue weighted by atomic mass is 10.2. The number of rotatable bonds is 1. The van der Waals surface area contributed by atoms with Crippen LogP contribution in [0.5, 0.6) is 0 Å². The number of hydrogen-bond acceptors (Lipinski definition) is 4. The summed E-state index contributed by atoms with van der Waals surface area (Å²) >= 11 is 0. The molecule has 0 fully saturated rings. The van der Waals surface area contributed by atoms with E-state index in [0.29, 0.717) is 5.82 Å². The van der Waals surface area contributed by atoms with Crippen molar-refractivity contribution < 1.29 is 9.53 Å². The van der Waals surface area contributed by atoms with Crippen LogP contribution in [0.25, 0.3) is 0 Å². The molecule has 1 heterocycles. The molecule has 0 bridgehead atoms. The van der Waals surface area contributed by atoms with Crippen molar-refractivity contribution in [1.29, 1.82) is 0 Å². The van der Waals surface area contributed by atoms with Gasteiger partial charge < -0.3 is 4.74 Å². The zero-order valence-electron chi connectivity index (χ0n) is 9.10. The molecule has 15 heavy (non-hydrogen) atoms. The normalized spacial score (nSPS) is 10.9. The molecule has 5 nitrogen and oxygen atoms in total. The van der Waals surface area contributed by atoms with Gasteiger partial charge in [0.1, 0.15) is 5.60 Å². The number of amides is 1. The highest BCUT2D eigenvalue weighted by molar-refractivity contribution is 5.85. The molecule has 0 unspecified atom stereocenters. The number of ether oxygens (including phenoxy) is 1. The van der Waals surface area contributed by atoms with E-state index in [1.807, 2.05) is 0 Å². The average Bonchev–Trinajstić information content (AvgIpc) is 2.15. The summed E-state index contributed by atoms with van der Waals surface area (Å²) in [6.45, 7) is 5.32. The van der Waals surface area contributed by atoms with Gasteiger partial charge in [-0.25, -0.2) is 15.6 Å². The Morgan fingerprint density at radius 1 is 1.47 bits per heavy atom. The standard InChI is InChI=1S/C10H15N3O2/c1-10(2,3)15-9(14)13(11)8-6-4-5-7-12-8/h4-7H,11H2,1-3H3. The summed E-state index contributed by atoms with van der Waals surface area (Å²) in [6, 6.07) is 5.11. The van der Waals surface area contributed by atoms with Crippen LogP contribution in [0.3, 0.4) is 0 Å². The van der Waals surface area contributed by atoms with E-state index in [0.717, 1.165) is 5.01 Å². The summed E-state index contributed by atoms with van der Waals surface area (Å²) in [6.07, 6.45) is 0.931. The average molecular weight is 209 g/mol. The molecule has 0 atom stereocenters. The number of anilines is 1. The Hall–Kier alpha value is -1.62. The second kappa shape index (κ2) is 4.27. The number of nitrogens with zero attached hydrogens (tertiary/aromatic N) is 2. The summed E-state index contributed by atoms with van der Waals surface area (Å²) in [5.41, 5.74) is -0.566. The number of hydrogen-bond donors (Lipinski definition) is 1. The molecule has 0 saturated heterocycles. The molecule has 1 amide bonds. The first kappa shape index (κ1) is 11.5. The monoisotopic (exact) mass is 209 g/mol. The van der Waals surface area contributed by atoms with Gasteiger partial charge in [-0.15, -0.1) is 0 Å². The molecule has 5 heteroatoms. The Labute approximate surface area is 88.8 Å². The minimum absolute atomic E-state index is 0.353. The van der Waals surface area contributed by atoms with Crippen LogP contribution in [0.15, 0.2) is 24.4 Å². The lowest BCUT2D eigenvalue weighted by Crippen LogP contribution is -2.42. The van der Waals surface area contributed by atoms with Gasteiger partial charge in [0.05, 0.1) is 0 Å². The Kier molecular flexibility index (Phi) is 3.26. The third-order valence-electron chi connectivity index (χ3n) is 1.49. The van der Waals surface area contributed by atoms with E-state index in [2.05, 4.69) is 4.98 Å². The number of hydrazine groups is 1. The third-order valence-corrected chi connectivity index (χ3v) is 1.49. The first-order valence-corrected chi connectivity index (χ1v) is 4.59. The van der Waals surface area contributed by atoms with Crippen molar-refractivity contribution in [2.75, 3.05) is 5.01 Å². The van der Waals surface area contributed by atoms with Crippen LogP contribution < -0.4 is 10.9 Å². The fourth-order valence-corrected chi connectivity index (χ4v) is 0.901. The molecule has 1 rings (SSSR count). The number of aromatic nitrogens is 1. The van der Waals surface area contributed by atoms with E-state index in [1.165, 1.54) is 0 Å². The van der Waals surface area contributed by atoms with Crippen LogP contribution in [-0.2, 0) is 4.74 Å². The summed E-state index contributed by atoms with van der Waals surface area (Å²) in [7, 11) is 0. The molecular weight excluding hydrogens is 194 g/mol. The minimum atomic E-state index is -0.624. The lowest BCUT2D eigenvalue weighted by Gasteiger charge is -2.23. The van der Waals surface area contributed by atoms with Crippen molar-refractivity contribution >= 4 is 11.9 Å². The van der Waals surface area contributed by atoms with Gasteiger partial charge in [0, 0.05) is 6.20 Å². The third kappa shape index (κ3) is 3.55. The molecule has 0 aromatic carbocycles. The van der Waals surface area contributed by atoms with Crippen molar-refractivity contribution in [2.45, 2.75) is 26.4 Å². The summed E-state index contributed by atoms with van der Waals surface area (Å²) in [4.78, 5) is 15.4. The van der Waals surface area contributed by atoms with Gasteiger partial charge in [0.15, 0.2) is 5.82 Å². The lowest BCUT2D eigenvalue weighted by molar-refractivity contribution is 0.0579. The maximum Gasteiger partial charge on any atom is 0.430 e. The van der Waals surface area contributed by atoms with E-state index in [4.69, 9.17) is 10.6 Å². The molecule has 0 aliphatic heterocycles. The van der Waals surface area contributed by atoms with E-state index in [9.17, 15) is 4.79 Å². The van der Waals surface area contributed by atoms with Crippen molar-refractivity contribution in [3.63, 3.8) is 0 Å². The van der Waals surface area contributed by atoms with Gasteiger partial charge >= 0.3 is 6.09 Å². The van der Waals surface area contributed by atoms with E-state index >= 15 is 0 Å². The summed E-state index contributed by atoms with van der Waals surface area (Å²) < 4.78 is 5.08. The van der Waals surface area contributed by atoms with Gasteiger partial charge in [0.25, 0.3) is 0 Å². The SMILES string of the molecule is CC(C)(C)OC(=O)N(N)c1ccccn1. The Bertz CT molecular complexity index is 332. The first-order chi connectivity index (χ1) is 6.90. The van der Waals surface area contributed by atoms with Crippen LogP contribution in [0.1, 0.15) is 20.8 Å². The van der Waals surface area contributed by atoms with Crippen LogP contribution in [0.2, 0.25) is 0 Å². The van der Waals surface area contributed by atoms with E-state index in [-0.39, 0.29) is 0 Å². The summed E-state index contributed by atoms with van der Waals surface area (Å²) in [5.74, 6) is 5.90. The van der Waals surface area contributed by atoms with Crippen molar-refractivity contribution in [3.8, 4) is 0 Å². The molecule has 82 valence electrons. The number of pyridine rings is 1. The van der Waals surface area contributed by atoms with Gasteiger partial charge in [0.2, 0.25) is 0 Å². The predicted octanol–water partition coefficient (Wildman–Crippen LogP) is 1.70. The highest BCUT2D eigenvalue weighted by atomic mass is 16.6. The smallest absolute Gasteiger partial charge is 0.430 e. The van der Waals surface area contributed by atoms with E-state index in [1.54, 1.807) is 45.2 Å². The number of carbonyl (C=O) groups is 1. The maximum atomic E-state index is 11.5. The Morgan fingerprint density at radius 2 is 2.13 bits per heavy atom. The zero-order valence-corrected chi connectivity index (χ0v) is 9.10. The largest absolute Gasteiger partial charge is 0.442 e. The zero-order chi connectivity index (χ0) is 11.5. The predicted molar refractivity (Wildman–Crippen MR) is 57.1 cm³/mol. The molecule has 0 aliphatic rings. The number of carbonyl (C=O) groups excluding carboxylic acids is 1. The van der Waals surface area contributed by atoms with E-state index < -0.39 is 11.7 Å². The molecule has 1 aromatic rings. The van der Waals surface area contributed by atoms with Gasteiger partial charge in [-0.05, 0) is 32.9 Å².